The molecule has 0 saturated heterocycles. The van der Waals surface area contributed by atoms with E-state index >= 15 is 0 Å². The molecule has 0 unspecified atom stereocenters. The van der Waals surface area contributed by atoms with Crippen molar-refractivity contribution in [1.29, 1.82) is 0 Å². The number of aliphatic hydroxyl groups is 1. The Morgan fingerprint density at radius 2 is 1.59 bits per heavy atom. The maximum absolute atomic E-state index is 13.6. The first-order valence-electron chi connectivity index (χ1n) is 11.7. The SMILES string of the molecule is Cc1ccc(S(=O)(=O)N(CC(=O)CCc2cccc(S(=O)(=O)CCCO)c2)c2cccc(Cl)c2C)cc1. The van der Waals surface area contributed by atoms with E-state index in [2.05, 4.69) is 0 Å². The molecule has 1 N–H and O–H groups in total. The summed E-state index contributed by atoms with van der Waals surface area (Å²) in [5, 5.41) is 9.33. The topological polar surface area (TPSA) is 109 Å². The van der Waals surface area contributed by atoms with E-state index in [1.165, 1.54) is 24.3 Å². The van der Waals surface area contributed by atoms with Crippen LogP contribution in [0.1, 0.15) is 29.5 Å². The van der Waals surface area contributed by atoms with Gasteiger partial charge in [-0.3, -0.25) is 9.10 Å². The largest absolute Gasteiger partial charge is 0.396 e. The van der Waals surface area contributed by atoms with Crippen molar-refractivity contribution in [3.05, 3.63) is 88.4 Å². The van der Waals surface area contributed by atoms with Crippen molar-refractivity contribution in [3.63, 3.8) is 0 Å². The van der Waals surface area contributed by atoms with Crippen molar-refractivity contribution < 1.29 is 26.7 Å². The summed E-state index contributed by atoms with van der Waals surface area (Å²) in [6.07, 6.45) is 0.397. The molecule has 0 atom stereocenters. The van der Waals surface area contributed by atoms with Crippen LogP contribution in [0.2, 0.25) is 5.02 Å². The molecule has 0 aliphatic carbocycles. The monoisotopic (exact) mass is 563 g/mol. The van der Waals surface area contributed by atoms with Gasteiger partial charge in [0.15, 0.2) is 15.6 Å². The summed E-state index contributed by atoms with van der Waals surface area (Å²) in [6, 6.07) is 17.6. The van der Waals surface area contributed by atoms with E-state index in [0.29, 0.717) is 21.8 Å². The van der Waals surface area contributed by atoms with Crippen molar-refractivity contribution >= 4 is 42.9 Å². The average molecular weight is 564 g/mol. The van der Waals surface area contributed by atoms with Gasteiger partial charge in [-0.25, -0.2) is 16.8 Å². The van der Waals surface area contributed by atoms with Gasteiger partial charge in [0.2, 0.25) is 0 Å². The third-order valence-electron chi connectivity index (χ3n) is 5.96. The van der Waals surface area contributed by atoms with Crippen molar-refractivity contribution in [2.24, 2.45) is 0 Å². The smallest absolute Gasteiger partial charge is 0.264 e. The zero-order valence-electron chi connectivity index (χ0n) is 20.7. The first kappa shape index (κ1) is 28.8. The molecule has 0 aromatic heterocycles. The number of nitrogens with zero attached hydrogens (tertiary/aromatic N) is 1. The molecule has 0 aliphatic rings. The van der Waals surface area contributed by atoms with E-state index in [1.807, 2.05) is 6.92 Å². The van der Waals surface area contributed by atoms with Gasteiger partial charge in [0.1, 0.15) is 0 Å². The lowest BCUT2D eigenvalue weighted by atomic mass is 10.1. The van der Waals surface area contributed by atoms with E-state index in [-0.39, 0.29) is 47.2 Å². The molecule has 0 bridgehead atoms. The zero-order valence-corrected chi connectivity index (χ0v) is 23.1. The minimum Gasteiger partial charge on any atom is -0.396 e. The Hall–Kier alpha value is -2.72. The van der Waals surface area contributed by atoms with Crippen LogP contribution in [-0.2, 0) is 31.1 Å². The van der Waals surface area contributed by atoms with E-state index in [0.717, 1.165) is 9.87 Å². The van der Waals surface area contributed by atoms with Gasteiger partial charge < -0.3 is 5.11 Å². The van der Waals surface area contributed by atoms with Crippen molar-refractivity contribution in [2.45, 2.75) is 42.9 Å². The Kier molecular flexibility index (Phi) is 9.52. The highest BCUT2D eigenvalue weighted by molar-refractivity contribution is 7.93. The van der Waals surface area contributed by atoms with Crippen LogP contribution in [0.25, 0.3) is 0 Å². The number of Topliss-reactive ketones (excluding diaryl/α,β-unsaturated/α-hetero) is 1. The van der Waals surface area contributed by atoms with Gasteiger partial charge in [0.25, 0.3) is 10.0 Å². The highest BCUT2D eigenvalue weighted by atomic mass is 35.5. The molecule has 0 radical (unpaired) electrons. The maximum Gasteiger partial charge on any atom is 0.264 e. The molecule has 0 aliphatic heterocycles. The fourth-order valence-corrected chi connectivity index (χ4v) is 6.83. The summed E-state index contributed by atoms with van der Waals surface area (Å²) in [5.41, 5.74) is 2.40. The van der Waals surface area contributed by atoms with E-state index in [4.69, 9.17) is 16.7 Å². The molecule has 198 valence electrons. The van der Waals surface area contributed by atoms with Crippen LogP contribution in [0.5, 0.6) is 0 Å². The number of halogens is 1. The molecule has 3 aromatic carbocycles. The lowest BCUT2D eigenvalue weighted by Crippen LogP contribution is -2.36. The van der Waals surface area contributed by atoms with Crippen LogP contribution in [0.4, 0.5) is 5.69 Å². The Labute approximate surface area is 223 Å². The van der Waals surface area contributed by atoms with Crippen LogP contribution >= 0.6 is 11.6 Å². The second kappa shape index (κ2) is 12.2. The molecule has 37 heavy (non-hydrogen) atoms. The quantitative estimate of drug-likeness (QED) is 0.347. The van der Waals surface area contributed by atoms with Gasteiger partial charge in [-0.2, -0.15) is 0 Å². The molecule has 0 fully saturated rings. The number of sulfone groups is 1. The molecule has 0 saturated carbocycles. The van der Waals surface area contributed by atoms with Crippen molar-refractivity contribution in [1.82, 2.24) is 0 Å². The van der Waals surface area contributed by atoms with Gasteiger partial charge in [-0.05, 0) is 74.2 Å². The van der Waals surface area contributed by atoms with Crippen molar-refractivity contribution in [2.75, 3.05) is 23.2 Å². The first-order valence-corrected chi connectivity index (χ1v) is 15.2. The number of sulfonamides is 1. The summed E-state index contributed by atoms with van der Waals surface area (Å²) >= 11 is 6.27. The van der Waals surface area contributed by atoms with E-state index < -0.39 is 26.4 Å². The number of ketones is 1. The predicted molar refractivity (Wildman–Crippen MR) is 145 cm³/mol. The third kappa shape index (κ3) is 7.19. The normalized spacial score (nSPS) is 11.9. The molecule has 3 rings (SSSR count). The minimum atomic E-state index is -4.07. The Balaban J connectivity index is 1.84. The highest BCUT2D eigenvalue weighted by Gasteiger charge is 2.28. The molecular weight excluding hydrogens is 534 g/mol. The Bertz CT molecular complexity index is 1470. The number of aryl methyl sites for hydroxylation is 2. The zero-order chi connectivity index (χ0) is 27.2. The van der Waals surface area contributed by atoms with E-state index in [9.17, 15) is 21.6 Å². The minimum absolute atomic E-state index is 0.0136. The molecule has 3 aromatic rings. The number of aliphatic hydroxyl groups excluding tert-OH is 1. The first-order chi connectivity index (χ1) is 17.5. The Morgan fingerprint density at radius 3 is 2.27 bits per heavy atom. The molecular formula is C27H30ClNO6S2. The van der Waals surface area contributed by atoms with E-state index in [1.54, 1.807) is 49.4 Å². The lowest BCUT2D eigenvalue weighted by Gasteiger charge is -2.26. The summed E-state index contributed by atoms with van der Waals surface area (Å²) < 4.78 is 53.2. The number of anilines is 1. The number of carbonyl (C=O) groups excluding carboxylic acids is 1. The number of hydrogen-bond acceptors (Lipinski definition) is 6. The van der Waals surface area contributed by atoms with Gasteiger partial charge in [-0.1, -0.05) is 47.5 Å². The molecule has 10 heteroatoms. The standard InChI is InChI=1S/C27H30ClNO6S2/c1-20-10-14-24(15-11-20)37(34,35)29(27-9-4-8-26(28)21(27)2)19-23(31)13-12-22-6-3-7-25(18-22)36(32,33)17-5-16-30/h3-4,6-11,14-15,18,30H,5,12-13,16-17,19H2,1-2H3. The third-order valence-corrected chi connectivity index (χ3v) is 9.94. The highest BCUT2D eigenvalue weighted by Crippen LogP contribution is 2.31. The maximum atomic E-state index is 13.6. The van der Waals surface area contributed by atoms with Gasteiger partial charge >= 0.3 is 0 Å². The van der Waals surface area contributed by atoms with Crippen LogP contribution < -0.4 is 4.31 Å². The van der Waals surface area contributed by atoms with Crippen LogP contribution in [0, 0.1) is 13.8 Å². The second-order valence-electron chi connectivity index (χ2n) is 8.79. The fraction of sp³-hybridized carbons (Fsp3) is 0.296. The van der Waals surface area contributed by atoms with Gasteiger partial charge in [0.05, 0.1) is 27.8 Å². The number of benzene rings is 3. The van der Waals surface area contributed by atoms with Gasteiger partial charge in [0, 0.05) is 18.1 Å². The average Bonchev–Trinajstić information content (AvgIpc) is 2.87. The molecule has 7 nitrogen and oxygen atoms in total. The fourth-order valence-electron chi connectivity index (χ4n) is 3.79. The summed E-state index contributed by atoms with van der Waals surface area (Å²) in [5.74, 6) is -0.500. The molecule has 0 spiro atoms. The van der Waals surface area contributed by atoms with Crippen LogP contribution in [0.15, 0.2) is 76.5 Å². The number of hydrogen-bond donors (Lipinski definition) is 1. The van der Waals surface area contributed by atoms with Crippen LogP contribution in [-0.4, -0.2) is 46.6 Å². The number of carbonyl (C=O) groups is 1. The molecule has 0 heterocycles. The van der Waals surface area contributed by atoms with Crippen LogP contribution in [0.3, 0.4) is 0 Å². The predicted octanol–water partition coefficient (Wildman–Crippen LogP) is 4.51. The summed E-state index contributed by atoms with van der Waals surface area (Å²) in [7, 11) is -7.61. The summed E-state index contributed by atoms with van der Waals surface area (Å²) in [4.78, 5) is 13.3. The lowest BCUT2D eigenvalue weighted by molar-refractivity contribution is -0.117. The number of rotatable bonds is 12. The van der Waals surface area contributed by atoms with Crippen molar-refractivity contribution in [3.8, 4) is 0 Å². The Morgan fingerprint density at radius 1 is 0.919 bits per heavy atom. The molecule has 0 amide bonds. The van der Waals surface area contributed by atoms with Gasteiger partial charge in [-0.15, -0.1) is 0 Å². The second-order valence-corrected chi connectivity index (χ2v) is 13.2. The summed E-state index contributed by atoms with van der Waals surface area (Å²) in [6.45, 7) is 2.93.